The Labute approximate surface area is 184 Å². The maximum atomic E-state index is 6.19. The second-order valence-electron chi connectivity index (χ2n) is 6.26. The highest BCUT2D eigenvalue weighted by Gasteiger charge is 2.27. The van der Waals surface area contributed by atoms with E-state index in [-0.39, 0.29) is 18.3 Å². The highest BCUT2D eigenvalue weighted by atomic mass is 35.5. The summed E-state index contributed by atoms with van der Waals surface area (Å²) in [5, 5.41) is 9.75. The summed E-state index contributed by atoms with van der Waals surface area (Å²) in [5.74, 6) is 0.860. The molecule has 0 saturated carbocycles. The van der Waals surface area contributed by atoms with E-state index in [1.54, 1.807) is 17.8 Å². The van der Waals surface area contributed by atoms with E-state index in [4.69, 9.17) is 34.8 Å². The lowest BCUT2D eigenvalue weighted by Gasteiger charge is -2.22. The molecule has 3 nitrogen and oxygen atoms in total. The zero-order chi connectivity index (χ0) is 18.7. The first-order valence-electron chi connectivity index (χ1n) is 8.16. The second kappa shape index (κ2) is 10.0. The Hall–Kier alpha value is -0.910. The molecule has 1 aromatic carbocycles. The van der Waals surface area contributed by atoms with Gasteiger partial charge in [0, 0.05) is 38.8 Å². The van der Waals surface area contributed by atoms with E-state index >= 15 is 0 Å². The van der Waals surface area contributed by atoms with Gasteiger partial charge in [-0.15, -0.1) is 24.0 Å². The van der Waals surface area contributed by atoms with Crippen LogP contribution in [-0.4, -0.2) is 15.2 Å². The van der Waals surface area contributed by atoms with Crippen LogP contribution in [0.25, 0.3) is 0 Å². The zero-order valence-electron chi connectivity index (χ0n) is 14.7. The maximum absolute atomic E-state index is 6.19. The molecule has 2 aromatic heterocycles. The quantitative estimate of drug-likeness (QED) is 0.393. The topological polar surface area (TPSA) is 41.6 Å². The largest absolute Gasteiger partial charge is 0.271 e. The van der Waals surface area contributed by atoms with Gasteiger partial charge in [0.25, 0.3) is 0 Å². The average Bonchev–Trinajstić information content (AvgIpc) is 2.97. The van der Waals surface area contributed by atoms with E-state index in [2.05, 4.69) is 29.0 Å². The molecular formula is C19H19Cl4N3S. The van der Waals surface area contributed by atoms with Crippen molar-refractivity contribution in [2.24, 2.45) is 5.92 Å². The molecule has 0 saturated heterocycles. The molecule has 3 aromatic rings. The Morgan fingerprint density at radius 3 is 2.26 bits per heavy atom. The van der Waals surface area contributed by atoms with Gasteiger partial charge in [-0.25, -0.2) is 0 Å². The lowest BCUT2D eigenvalue weighted by Crippen LogP contribution is -2.11. The fourth-order valence-electron chi connectivity index (χ4n) is 3.03. The number of benzene rings is 1. The molecule has 2 heterocycles. The summed E-state index contributed by atoms with van der Waals surface area (Å²) in [6, 6.07) is 9.58. The summed E-state index contributed by atoms with van der Waals surface area (Å²) in [6.45, 7) is 4.39. The van der Waals surface area contributed by atoms with Crippen LogP contribution in [-0.2, 0) is 5.88 Å². The monoisotopic (exact) mass is 461 g/mol. The number of alkyl halides is 1. The summed E-state index contributed by atoms with van der Waals surface area (Å²) in [4.78, 5) is 5.09. The second-order valence-corrected chi connectivity index (χ2v) is 8.48. The summed E-state index contributed by atoms with van der Waals surface area (Å²) < 4.78 is 0. The molecule has 3 rings (SSSR count). The first-order chi connectivity index (χ1) is 12.5. The molecule has 0 aliphatic heterocycles. The van der Waals surface area contributed by atoms with Crippen molar-refractivity contribution in [3.05, 3.63) is 69.6 Å². The Kier molecular flexibility index (Phi) is 8.32. The number of halogens is 4. The minimum Gasteiger partial charge on any atom is -0.271 e. The molecule has 0 spiro atoms. The zero-order valence-corrected chi connectivity index (χ0v) is 18.6. The van der Waals surface area contributed by atoms with Crippen molar-refractivity contribution in [1.82, 2.24) is 15.2 Å². The first-order valence-corrected chi connectivity index (χ1v) is 10.3. The van der Waals surface area contributed by atoms with Gasteiger partial charge in [-0.05, 0) is 41.8 Å². The Morgan fingerprint density at radius 2 is 1.70 bits per heavy atom. The Morgan fingerprint density at radius 1 is 1.07 bits per heavy atom. The predicted octanol–water partition coefficient (Wildman–Crippen LogP) is 7.21. The number of nitrogens with zero attached hydrogens (tertiary/aromatic N) is 2. The molecule has 144 valence electrons. The fraction of sp³-hybridized carbons (Fsp3) is 0.263. The number of aromatic nitrogens is 3. The molecule has 0 radical (unpaired) electrons. The van der Waals surface area contributed by atoms with E-state index < -0.39 is 0 Å². The van der Waals surface area contributed by atoms with Gasteiger partial charge in [-0.3, -0.25) is 10.1 Å². The molecule has 0 bridgehead atoms. The van der Waals surface area contributed by atoms with Gasteiger partial charge < -0.3 is 0 Å². The number of hydrogen-bond acceptors (Lipinski definition) is 3. The van der Waals surface area contributed by atoms with Crippen LogP contribution in [0.2, 0.25) is 10.0 Å². The molecular weight excluding hydrogens is 444 g/mol. The van der Waals surface area contributed by atoms with Crippen LogP contribution in [0, 0.1) is 5.92 Å². The van der Waals surface area contributed by atoms with E-state index in [1.165, 1.54) is 5.56 Å². The van der Waals surface area contributed by atoms with Crippen molar-refractivity contribution in [2.45, 2.75) is 35.6 Å². The number of pyridine rings is 1. The number of nitrogens with one attached hydrogen (secondary N) is 1. The number of rotatable bonds is 6. The van der Waals surface area contributed by atoms with Gasteiger partial charge >= 0.3 is 0 Å². The summed E-state index contributed by atoms with van der Waals surface area (Å²) in [7, 11) is 0. The van der Waals surface area contributed by atoms with Crippen LogP contribution >= 0.6 is 59.0 Å². The lowest BCUT2D eigenvalue weighted by molar-refractivity contribution is 0.554. The van der Waals surface area contributed by atoms with Gasteiger partial charge in [-0.2, -0.15) is 5.10 Å². The van der Waals surface area contributed by atoms with Crippen molar-refractivity contribution >= 4 is 59.0 Å². The standard InChI is InChI=1S/C19H18Cl3N3S.ClH/c1-11(2)17(12-3-5-23-6-4-12)18-16(10-20)24-25-19(18)26-15-8-13(21)7-14(22)9-15;/h3-9,11,17H,10H2,1-2H3,(H,24,25);1H. The van der Waals surface area contributed by atoms with Crippen LogP contribution in [0.5, 0.6) is 0 Å². The van der Waals surface area contributed by atoms with E-state index in [0.717, 1.165) is 21.2 Å². The van der Waals surface area contributed by atoms with Crippen molar-refractivity contribution in [3.8, 4) is 0 Å². The molecule has 8 heteroatoms. The number of H-pyrrole nitrogens is 1. The third-order valence-corrected chi connectivity index (χ3v) is 5.75. The SMILES string of the molecule is CC(C)C(c1ccncc1)c1c(CCl)n[nH]c1Sc1cc(Cl)cc(Cl)c1.Cl. The predicted molar refractivity (Wildman–Crippen MR) is 117 cm³/mol. The van der Waals surface area contributed by atoms with E-state index in [9.17, 15) is 0 Å². The molecule has 0 amide bonds. The highest BCUT2D eigenvalue weighted by molar-refractivity contribution is 7.99. The van der Waals surface area contributed by atoms with Crippen molar-refractivity contribution in [2.75, 3.05) is 0 Å². The summed E-state index contributed by atoms with van der Waals surface area (Å²) in [6.07, 6.45) is 3.63. The van der Waals surface area contributed by atoms with Crippen LogP contribution < -0.4 is 0 Å². The smallest absolute Gasteiger partial charge is 0.0997 e. The third-order valence-electron chi connectivity index (χ3n) is 4.07. The average molecular weight is 463 g/mol. The van der Waals surface area contributed by atoms with Gasteiger partial charge in [-0.1, -0.05) is 48.8 Å². The van der Waals surface area contributed by atoms with Crippen molar-refractivity contribution in [1.29, 1.82) is 0 Å². The molecule has 0 aliphatic carbocycles. The Balaban J connectivity index is 0.00000261. The summed E-state index contributed by atoms with van der Waals surface area (Å²) in [5.41, 5.74) is 3.16. The Bertz CT molecular complexity index is 864. The minimum absolute atomic E-state index is 0. The molecule has 0 aliphatic rings. The molecule has 1 atom stereocenters. The normalized spacial score (nSPS) is 12.1. The lowest BCUT2D eigenvalue weighted by atomic mass is 9.83. The summed E-state index contributed by atoms with van der Waals surface area (Å²) >= 11 is 20.0. The van der Waals surface area contributed by atoms with Gasteiger partial charge in [0.05, 0.1) is 16.6 Å². The molecule has 1 N–H and O–H groups in total. The van der Waals surface area contributed by atoms with E-state index in [1.807, 2.05) is 36.7 Å². The van der Waals surface area contributed by atoms with Crippen molar-refractivity contribution in [3.63, 3.8) is 0 Å². The molecule has 1 unspecified atom stereocenters. The van der Waals surface area contributed by atoms with Crippen LogP contribution in [0.15, 0.2) is 52.6 Å². The number of aromatic amines is 1. The van der Waals surface area contributed by atoms with Crippen LogP contribution in [0.4, 0.5) is 0 Å². The van der Waals surface area contributed by atoms with Crippen LogP contribution in [0.3, 0.4) is 0 Å². The van der Waals surface area contributed by atoms with Crippen molar-refractivity contribution < 1.29 is 0 Å². The minimum atomic E-state index is 0. The van der Waals surface area contributed by atoms with Crippen LogP contribution in [0.1, 0.15) is 36.6 Å². The first kappa shape index (κ1) is 22.4. The fourth-order valence-corrected chi connectivity index (χ4v) is 4.94. The van der Waals surface area contributed by atoms with Gasteiger partial charge in [0.2, 0.25) is 0 Å². The van der Waals surface area contributed by atoms with Gasteiger partial charge in [0.15, 0.2) is 0 Å². The highest BCUT2D eigenvalue weighted by Crippen LogP contribution is 2.41. The number of hydrogen-bond donors (Lipinski definition) is 1. The third kappa shape index (κ3) is 5.33. The maximum Gasteiger partial charge on any atom is 0.0997 e. The van der Waals surface area contributed by atoms with E-state index in [0.29, 0.717) is 21.8 Å². The molecule has 0 fully saturated rings. The van der Waals surface area contributed by atoms with Gasteiger partial charge in [0.1, 0.15) is 0 Å². The molecule has 27 heavy (non-hydrogen) atoms.